The minimum Gasteiger partial charge on any atom is -0.494 e. The molecular weight excluding hydrogens is 370 g/mol. The van der Waals surface area contributed by atoms with Crippen LogP contribution in [0.3, 0.4) is 0 Å². The van der Waals surface area contributed by atoms with Gasteiger partial charge >= 0.3 is 0 Å². The Balaban J connectivity index is 1.89. The number of benzene rings is 2. The van der Waals surface area contributed by atoms with Crippen LogP contribution in [-0.2, 0) is 4.79 Å². The Morgan fingerprint density at radius 3 is 2.38 bits per heavy atom. The summed E-state index contributed by atoms with van der Waals surface area (Å²) in [6.07, 6.45) is 2.03. The first-order chi connectivity index (χ1) is 14.0. The van der Waals surface area contributed by atoms with Crippen LogP contribution >= 0.6 is 0 Å². The van der Waals surface area contributed by atoms with E-state index in [1.54, 1.807) is 56.4 Å². The maximum Gasteiger partial charge on any atom is 0.251 e. The number of carbonyl (C=O) groups is 3. The third-order valence-corrected chi connectivity index (χ3v) is 4.37. The smallest absolute Gasteiger partial charge is 0.251 e. The van der Waals surface area contributed by atoms with Crippen molar-refractivity contribution in [1.82, 2.24) is 10.6 Å². The lowest BCUT2D eigenvalue weighted by Gasteiger charge is -2.12. The lowest BCUT2D eigenvalue weighted by Crippen LogP contribution is -2.33. The number of ether oxygens (including phenoxy) is 1. The zero-order chi connectivity index (χ0) is 21.2. The molecule has 2 rings (SSSR count). The number of unbranched alkanes of at least 4 members (excludes halogenated alkanes) is 1. The van der Waals surface area contributed by atoms with Crippen LogP contribution in [-0.4, -0.2) is 37.9 Å². The average molecular weight is 397 g/mol. The first kappa shape index (κ1) is 21.9. The van der Waals surface area contributed by atoms with E-state index in [2.05, 4.69) is 22.9 Å². The zero-order valence-corrected chi connectivity index (χ0v) is 17.0. The third kappa shape index (κ3) is 6.34. The summed E-state index contributed by atoms with van der Waals surface area (Å²) in [5, 5.41) is 7.87. The average Bonchev–Trinajstić information content (AvgIpc) is 2.73. The molecule has 2 aromatic rings. The van der Waals surface area contributed by atoms with Gasteiger partial charge in [-0.1, -0.05) is 19.4 Å². The van der Waals surface area contributed by atoms with E-state index in [9.17, 15) is 14.4 Å². The van der Waals surface area contributed by atoms with Crippen molar-refractivity contribution in [1.29, 1.82) is 0 Å². The van der Waals surface area contributed by atoms with Crippen LogP contribution in [0.2, 0.25) is 0 Å². The molecule has 3 amide bonds. The van der Waals surface area contributed by atoms with Crippen LogP contribution in [0.5, 0.6) is 5.75 Å². The van der Waals surface area contributed by atoms with Crippen LogP contribution in [0, 0.1) is 6.92 Å². The fourth-order valence-electron chi connectivity index (χ4n) is 2.65. The van der Waals surface area contributed by atoms with Crippen LogP contribution in [0.25, 0.3) is 0 Å². The predicted octanol–water partition coefficient (Wildman–Crippen LogP) is 2.90. The number of carbonyl (C=O) groups excluding carboxylic acids is 3. The lowest BCUT2D eigenvalue weighted by molar-refractivity contribution is -0.115. The van der Waals surface area contributed by atoms with Gasteiger partial charge in [0, 0.05) is 23.9 Å². The van der Waals surface area contributed by atoms with Gasteiger partial charge in [0.15, 0.2) is 0 Å². The molecule has 0 radical (unpaired) electrons. The van der Waals surface area contributed by atoms with Crippen molar-refractivity contribution < 1.29 is 19.1 Å². The van der Waals surface area contributed by atoms with Crippen LogP contribution in [0.15, 0.2) is 42.5 Å². The number of hydrogen-bond donors (Lipinski definition) is 3. The molecule has 0 aliphatic rings. The van der Waals surface area contributed by atoms with E-state index >= 15 is 0 Å². The summed E-state index contributed by atoms with van der Waals surface area (Å²) in [7, 11) is 1.55. The minimum atomic E-state index is -0.380. The zero-order valence-electron chi connectivity index (χ0n) is 17.0. The van der Waals surface area contributed by atoms with Crippen LogP contribution < -0.4 is 20.7 Å². The summed E-state index contributed by atoms with van der Waals surface area (Å²) in [6, 6.07) is 11.9. The van der Waals surface area contributed by atoms with Crippen molar-refractivity contribution in [3.8, 4) is 5.75 Å². The highest BCUT2D eigenvalue weighted by molar-refractivity contribution is 6.01. The summed E-state index contributed by atoms with van der Waals surface area (Å²) >= 11 is 0. The Bertz CT molecular complexity index is 863. The first-order valence-corrected chi connectivity index (χ1v) is 9.58. The van der Waals surface area contributed by atoms with Gasteiger partial charge in [0.1, 0.15) is 5.75 Å². The Morgan fingerprint density at radius 1 is 1.00 bits per heavy atom. The van der Waals surface area contributed by atoms with E-state index < -0.39 is 0 Å². The molecule has 0 saturated carbocycles. The Morgan fingerprint density at radius 2 is 1.72 bits per heavy atom. The molecule has 154 valence electrons. The maximum atomic E-state index is 12.2. The second kappa shape index (κ2) is 10.8. The van der Waals surface area contributed by atoms with E-state index in [-0.39, 0.29) is 24.3 Å². The SMILES string of the molecule is CCCCOc1ccc(C(=O)NCC(=O)Nc2cccc(C(=O)NC)c2C)cc1. The highest BCUT2D eigenvalue weighted by Gasteiger charge is 2.13. The molecular formula is C22H27N3O4. The number of rotatable bonds is 9. The fraction of sp³-hybridized carbons (Fsp3) is 0.318. The highest BCUT2D eigenvalue weighted by Crippen LogP contribution is 2.19. The molecule has 0 aromatic heterocycles. The normalized spacial score (nSPS) is 10.2. The van der Waals surface area contributed by atoms with Gasteiger partial charge in [0.05, 0.1) is 13.2 Å². The molecule has 0 fully saturated rings. The van der Waals surface area contributed by atoms with Gasteiger partial charge in [0.2, 0.25) is 5.91 Å². The van der Waals surface area contributed by atoms with Crippen molar-refractivity contribution in [2.45, 2.75) is 26.7 Å². The maximum absolute atomic E-state index is 12.2. The molecule has 0 aliphatic carbocycles. The molecule has 0 saturated heterocycles. The number of anilines is 1. The van der Waals surface area contributed by atoms with Gasteiger partial charge in [-0.05, 0) is 55.3 Å². The molecule has 0 bridgehead atoms. The summed E-state index contributed by atoms with van der Waals surface area (Å²) in [6.45, 7) is 4.30. The standard InChI is InChI=1S/C22H27N3O4/c1-4-5-13-29-17-11-9-16(10-12-17)21(27)24-14-20(26)25-19-8-6-7-18(15(19)2)22(28)23-3/h6-12H,4-5,13-14H2,1-3H3,(H,23,28)(H,24,27)(H,25,26). The molecule has 0 aliphatic heterocycles. The van der Waals surface area contributed by atoms with E-state index in [4.69, 9.17) is 4.74 Å². The van der Waals surface area contributed by atoms with E-state index in [0.29, 0.717) is 34.7 Å². The van der Waals surface area contributed by atoms with Crippen molar-refractivity contribution >= 4 is 23.4 Å². The number of amides is 3. The molecule has 0 atom stereocenters. The molecule has 2 aromatic carbocycles. The number of hydrogen-bond acceptors (Lipinski definition) is 4. The highest BCUT2D eigenvalue weighted by atomic mass is 16.5. The van der Waals surface area contributed by atoms with E-state index in [1.165, 1.54) is 0 Å². The van der Waals surface area contributed by atoms with Crippen molar-refractivity contribution in [2.75, 3.05) is 25.5 Å². The van der Waals surface area contributed by atoms with Gasteiger partial charge in [-0.2, -0.15) is 0 Å². The molecule has 29 heavy (non-hydrogen) atoms. The second-order valence-electron chi connectivity index (χ2n) is 6.51. The summed E-state index contributed by atoms with van der Waals surface area (Å²) in [5.41, 5.74) is 2.11. The monoisotopic (exact) mass is 397 g/mol. The van der Waals surface area contributed by atoms with Crippen molar-refractivity contribution in [3.63, 3.8) is 0 Å². The fourth-order valence-corrected chi connectivity index (χ4v) is 2.65. The predicted molar refractivity (Wildman–Crippen MR) is 112 cm³/mol. The van der Waals surface area contributed by atoms with E-state index in [0.717, 1.165) is 12.8 Å². The minimum absolute atomic E-state index is 0.183. The van der Waals surface area contributed by atoms with Gasteiger partial charge in [-0.3, -0.25) is 14.4 Å². The summed E-state index contributed by atoms with van der Waals surface area (Å²) in [5.74, 6) is -0.251. The van der Waals surface area contributed by atoms with Crippen molar-refractivity contribution in [3.05, 3.63) is 59.2 Å². The topological polar surface area (TPSA) is 96.5 Å². The van der Waals surface area contributed by atoms with Crippen LogP contribution in [0.4, 0.5) is 5.69 Å². The van der Waals surface area contributed by atoms with Gasteiger partial charge in [-0.25, -0.2) is 0 Å². The third-order valence-electron chi connectivity index (χ3n) is 4.37. The molecule has 0 spiro atoms. The summed E-state index contributed by atoms with van der Waals surface area (Å²) in [4.78, 5) is 36.3. The Labute approximate surface area is 170 Å². The van der Waals surface area contributed by atoms with Crippen molar-refractivity contribution in [2.24, 2.45) is 0 Å². The van der Waals surface area contributed by atoms with Crippen LogP contribution in [0.1, 0.15) is 46.0 Å². The quantitative estimate of drug-likeness (QED) is 0.567. The molecule has 3 N–H and O–H groups in total. The van der Waals surface area contributed by atoms with Gasteiger partial charge in [-0.15, -0.1) is 0 Å². The Kier molecular flexibility index (Phi) is 8.21. The summed E-state index contributed by atoms with van der Waals surface area (Å²) < 4.78 is 5.57. The van der Waals surface area contributed by atoms with E-state index in [1.807, 2.05) is 0 Å². The largest absolute Gasteiger partial charge is 0.494 e. The number of nitrogens with one attached hydrogen (secondary N) is 3. The molecule has 7 nitrogen and oxygen atoms in total. The Hall–Kier alpha value is -3.35. The lowest BCUT2D eigenvalue weighted by atomic mass is 10.1. The second-order valence-corrected chi connectivity index (χ2v) is 6.51. The van der Waals surface area contributed by atoms with Gasteiger partial charge in [0.25, 0.3) is 11.8 Å². The molecule has 0 unspecified atom stereocenters. The molecule has 0 heterocycles. The molecule has 7 heteroatoms. The van der Waals surface area contributed by atoms with Gasteiger partial charge < -0.3 is 20.7 Å². The first-order valence-electron chi connectivity index (χ1n) is 9.58.